The van der Waals surface area contributed by atoms with Gasteiger partial charge >= 0.3 is 0 Å². The highest BCUT2D eigenvalue weighted by Gasteiger charge is 2.11. The average molecular weight is 344 g/mol. The Morgan fingerprint density at radius 1 is 1.08 bits per heavy atom. The average Bonchev–Trinajstić information content (AvgIpc) is 3.05. The summed E-state index contributed by atoms with van der Waals surface area (Å²) in [4.78, 5) is 30.8. The number of carbonyl (C=O) groups excluding carboxylic acids is 1. The molecular weight excluding hydrogens is 328 g/mol. The number of carbonyl (C=O) groups is 1. The molecule has 6 nitrogen and oxygen atoms in total. The predicted octanol–water partition coefficient (Wildman–Crippen LogP) is 3.27. The molecule has 0 atom stereocenters. The molecule has 0 aliphatic rings. The van der Waals surface area contributed by atoms with Gasteiger partial charge in [0.2, 0.25) is 5.56 Å². The lowest BCUT2D eigenvalue weighted by atomic mass is 10.2. The summed E-state index contributed by atoms with van der Waals surface area (Å²) in [6.45, 7) is 1.70. The third-order valence-corrected chi connectivity index (χ3v) is 4.20. The van der Waals surface area contributed by atoms with E-state index in [2.05, 4.69) is 15.3 Å². The number of pyridine rings is 1. The fourth-order valence-corrected chi connectivity index (χ4v) is 2.91. The summed E-state index contributed by atoms with van der Waals surface area (Å²) < 4.78 is 1.99. The molecule has 0 saturated heterocycles. The molecule has 0 fully saturated rings. The number of benzene rings is 2. The fourth-order valence-electron chi connectivity index (χ4n) is 2.91. The van der Waals surface area contributed by atoms with Gasteiger partial charge in [-0.25, -0.2) is 4.98 Å². The van der Waals surface area contributed by atoms with Crippen LogP contribution < -0.4 is 10.9 Å². The second-order valence-corrected chi connectivity index (χ2v) is 5.97. The molecular formula is C20H16N4O2. The van der Waals surface area contributed by atoms with Crippen LogP contribution in [0.2, 0.25) is 0 Å². The van der Waals surface area contributed by atoms with Gasteiger partial charge in [-0.1, -0.05) is 18.2 Å². The minimum atomic E-state index is -0.277. The third kappa shape index (κ3) is 2.88. The summed E-state index contributed by atoms with van der Waals surface area (Å²) in [5.41, 5.74) is 4.14. The molecule has 0 spiro atoms. The number of hydrogen-bond donors (Lipinski definition) is 2. The summed E-state index contributed by atoms with van der Waals surface area (Å²) in [5.74, 6) is -0.277. The first-order valence-electron chi connectivity index (χ1n) is 8.15. The van der Waals surface area contributed by atoms with E-state index < -0.39 is 0 Å². The second-order valence-electron chi connectivity index (χ2n) is 5.97. The molecule has 2 N–H and O–H groups in total. The summed E-state index contributed by atoms with van der Waals surface area (Å²) in [7, 11) is 0. The van der Waals surface area contributed by atoms with Crippen LogP contribution in [0.1, 0.15) is 16.1 Å². The van der Waals surface area contributed by atoms with Crippen LogP contribution in [-0.4, -0.2) is 20.4 Å². The zero-order valence-electron chi connectivity index (χ0n) is 14.1. The number of aryl methyl sites for hydroxylation is 1. The van der Waals surface area contributed by atoms with E-state index in [4.69, 9.17) is 0 Å². The topological polar surface area (TPSA) is 79.8 Å². The number of fused-ring (bicyclic) bond motifs is 1. The number of para-hydroxylation sites is 1. The van der Waals surface area contributed by atoms with Crippen molar-refractivity contribution in [3.8, 4) is 5.69 Å². The number of aromatic amines is 1. The monoisotopic (exact) mass is 344 g/mol. The SMILES string of the molecule is Cc1[nH]c(=O)ccc1C(=O)Nc1ccc2c(c1)ncn2-c1ccccc1. The van der Waals surface area contributed by atoms with Crippen LogP contribution >= 0.6 is 0 Å². The zero-order valence-corrected chi connectivity index (χ0v) is 14.1. The molecule has 0 bridgehead atoms. The van der Waals surface area contributed by atoms with E-state index in [1.165, 1.54) is 12.1 Å². The first kappa shape index (κ1) is 15.8. The molecule has 4 rings (SSSR count). The molecule has 0 unspecified atom stereocenters. The van der Waals surface area contributed by atoms with Gasteiger partial charge in [0, 0.05) is 23.1 Å². The van der Waals surface area contributed by atoms with Crippen LogP contribution in [0.5, 0.6) is 0 Å². The molecule has 0 aliphatic carbocycles. The largest absolute Gasteiger partial charge is 0.326 e. The van der Waals surface area contributed by atoms with E-state index in [0.717, 1.165) is 16.7 Å². The Labute approximate surface area is 149 Å². The first-order chi connectivity index (χ1) is 12.6. The fraction of sp³-hybridized carbons (Fsp3) is 0.0500. The standard InChI is InChI=1S/C20H16N4O2/c1-13-16(8-10-19(25)22-13)20(26)23-14-7-9-18-17(11-14)21-12-24(18)15-5-3-2-4-6-15/h2-12H,1H3,(H,22,25)(H,23,26). The summed E-state index contributed by atoms with van der Waals surface area (Å²) in [5, 5.41) is 2.85. The van der Waals surface area contributed by atoms with E-state index in [1.807, 2.05) is 53.1 Å². The molecule has 2 aromatic heterocycles. The molecule has 128 valence electrons. The van der Waals surface area contributed by atoms with Gasteiger partial charge in [0.1, 0.15) is 6.33 Å². The Kier molecular flexibility index (Phi) is 3.85. The van der Waals surface area contributed by atoms with E-state index in [9.17, 15) is 9.59 Å². The number of imidazole rings is 1. The Morgan fingerprint density at radius 3 is 2.65 bits per heavy atom. The highest BCUT2D eigenvalue weighted by Crippen LogP contribution is 2.22. The zero-order chi connectivity index (χ0) is 18.1. The van der Waals surface area contributed by atoms with Crippen molar-refractivity contribution < 1.29 is 4.79 Å². The number of rotatable bonds is 3. The number of hydrogen-bond acceptors (Lipinski definition) is 3. The number of aromatic nitrogens is 3. The Balaban J connectivity index is 1.64. The Hall–Kier alpha value is -3.67. The molecule has 0 aliphatic heterocycles. The van der Waals surface area contributed by atoms with Gasteiger partial charge in [-0.05, 0) is 43.3 Å². The molecule has 0 radical (unpaired) electrons. The maximum absolute atomic E-state index is 12.5. The van der Waals surface area contributed by atoms with Gasteiger partial charge in [-0.2, -0.15) is 0 Å². The molecule has 1 amide bonds. The highest BCUT2D eigenvalue weighted by atomic mass is 16.1. The molecule has 4 aromatic rings. The van der Waals surface area contributed by atoms with Crippen LogP contribution in [0, 0.1) is 6.92 Å². The highest BCUT2D eigenvalue weighted by molar-refractivity contribution is 6.05. The normalized spacial score (nSPS) is 10.8. The minimum absolute atomic E-state index is 0.230. The Morgan fingerprint density at radius 2 is 1.88 bits per heavy atom. The summed E-state index contributed by atoms with van der Waals surface area (Å²) in [6, 6.07) is 18.4. The van der Waals surface area contributed by atoms with Gasteiger partial charge in [-0.15, -0.1) is 0 Å². The lowest BCUT2D eigenvalue weighted by Gasteiger charge is -2.08. The van der Waals surface area contributed by atoms with Crippen LogP contribution in [0.15, 0.2) is 71.8 Å². The second kappa shape index (κ2) is 6.33. The van der Waals surface area contributed by atoms with Gasteiger partial charge < -0.3 is 10.3 Å². The van der Waals surface area contributed by atoms with Crippen molar-refractivity contribution in [2.75, 3.05) is 5.32 Å². The van der Waals surface area contributed by atoms with E-state index in [1.54, 1.807) is 13.3 Å². The molecule has 6 heteroatoms. The summed E-state index contributed by atoms with van der Waals surface area (Å²) in [6.07, 6.45) is 1.76. The van der Waals surface area contributed by atoms with Crippen LogP contribution in [0.25, 0.3) is 16.7 Å². The Bertz CT molecular complexity index is 1160. The first-order valence-corrected chi connectivity index (χ1v) is 8.15. The van der Waals surface area contributed by atoms with E-state index in [0.29, 0.717) is 16.9 Å². The minimum Gasteiger partial charge on any atom is -0.326 e. The van der Waals surface area contributed by atoms with Crippen molar-refractivity contribution in [1.29, 1.82) is 0 Å². The molecule has 0 saturated carbocycles. The van der Waals surface area contributed by atoms with Crippen molar-refractivity contribution in [3.63, 3.8) is 0 Å². The van der Waals surface area contributed by atoms with Crippen LogP contribution in [0.4, 0.5) is 5.69 Å². The van der Waals surface area contributed by atoms with Crippen molar-refractivity contribution in [2.24, 2.45) is 0 Å². The summed E-state index contributed by atoms with van der Waals surface area (Å²) >= 11 is 0. The van der Waals surface area contributed by atoms with Crippen molar-refractivity contribution >= 4 is 22.6 Å². The number of amides is 1. The molecule has 26 heavy (non-hydrogen) atoms. The van der Waals surface area contributed by atoms with Crippen molar-refractivity contribution in [1.82, 2.24) is 14.5 Å². The van der Waals surface area contributed by atoms with Crippen LogP contribution in [-0.2, 0) is 0 Å². The van der Waals surface area contributed by atoms with Crippen molar-refractivity contribution in [2.45, 2.75) is 6.92 Å². The van der Waals surface area contributed by atoms with Crippen molar-refractivity contribution in [3.05, 3.63) is 88.6 Å². The number of nitrogens with one attached hydrogen (secondary N) is 2. The lowest BCUT2D eigenvalue weighted by molar-refractivity contribution is 0.102. The smallest absolute Gasteiger partial charge is 0.257 e. The number of anilines is 1. The maximum Gasteiger partial charge on any atom is 0.257 e. The number of H-pyrrole nitrogens is 1. The predicted molar refractivity (Wildman–Crippen MR) is 101 cm³/mol. The van der Waals surface area contributed by atoms with Gasteiger partial charge in [0.15, 0.2) is 0 Å². The molecule has 2 aromatic carbocycles. The van der Waals surface area contributed by atoms with Gasteiger partial charge in [0.05, 0.1) is 16.6 Å². The third-order valence-electron chi connectivity index (χ3n) is 4.20. The van der Waals surface area contributed by atoms with Gasteiger partial charge in [0.25, 0.3) is 5.91 Å². The van der Waals surface area contributed by atoms with E-state index >= 15 is 0 Å². The number of nitrogens with zero attached hydrogens (tertiary/aromatic N) is 2. The van der Waals surface area contributed by atoms with E-state index in [-0.39, 0.29) is 11.5 Å². The quantitative estimate of drug-likeness (QED) is 0.598. The lowest BCUT2D eigenvalue weighted by Crippen LogP contribution is -2.17. The molecule has 2 heterocycles. The van der Waals surface area contributed by atoms with Gasteiger partial charge in [-0.3, -0.25) is 14.2 Å². The van der Waals surface area contributed by atoms with Crippen LogP contribution in [0.3, 0.4) is 0 Å². The maximum atomic E-state index is 12.5.